The summed E-state index contributed by atoms with van der Waals surface area (Å²) in [5, 5.41) is 5.25. The molecule has 0 aromatic heterocycles. The monoisotopic (exact) mass is 646 g/mol. The maximum absolute atomic E-state index is 2.58. The third-order valence-corrected chi connectivity index (χ3v) is 12.2. The molecule has 6 aromatic carbocycles. The minimum absolute atomic E-state index is 0.0281. The van der Waals surface area contributed by atoms with Crippen LogP contribution in [-0.2, 0) is 17.3 Å². The molecule has 0 atom stereocenters. The maximum atomic E-state index is 2.58. The van der Waals surface area contributed by atoms with Gasteiger partial charge in [-0.15, -0.1) is 0 Å². The lowest BCUT2D eigenvalue weighted by Gasteiger charge is -2.44. The lowest BCUT2D eigenvalue weighted by Crippen LogP contribution is -2.34. The van der Waals surface area contributed by atoms with Gasteiger partial charge in [-0.1, -0.05) is 125 Å². The lowest BCUT2D eigenvalue weighted by atomic mass is 9.70. The fourth-order valence-electron chi connectivity index (χ4n) is 9.75. The molecule has 0 fully saturated rings. The predicted molar refractivity (Wildman–Crippen MR) is 213 cm³/mol. The van der Waals surface area contributed by atoms with Gasteiger partial charge >= 0.3 is 0 Å². The second kappa shape index (κ2) is 10.6. The normalized spacial score (nSPS) is 18.1. The van der Waals surface area contributed by atoms with Gasteiger partial charge in [0.15, 0.2) is 0 Å². The van der Waals surface area contributed by atoms with E-state index in [4.69, 9.17) is 0 Å². The van der Waals surface area contributed by atoms with E-state index < -0.39 is 0 Å². The second-order valence-corrected chi connectivity index (χ2v) is 15.5. The molecule has 6 aromatic rings. The summed E-state index contributed by atoms with van der Waals surface area (Å²) in [4.78, 5) is 5.15. The minimum atomic E-state index is -0.0990. The van der Waals surface area contributed by atoms with Crippen molar-refractivity contribution in [1.82, 2.24) is 0 Å². The van der Waals surface area contributed by atoms with Crippen LogP contribution >= 0.6 is 0 Å². The summed E-state index contributed by atoms with van der Waals surface area (Å²) in [5.74, 6) is 0. The van der Waals surface area contributed by atoms with E-state index in [9.17, 15) is 0 Å². The molecule has 0 saturated carbocycles. The summed E-state index contributed by atoms with van der Waals surface area (Å²) < 4.78 is 0. The molecule has 2 aliphatic heterocycles. The van der Waals surface area contributed by atoms with Crippen LogP contribution in [0.3, 0.4) is 0 Å². The van der Waals surface area contributed by atoms with Gasteiger partial charge in [-0.05, 0) is 112 Å². The standard InChI is InChI=1S/C48H42N2/c1-47(2)36-21-9-13-25-40(36)49(41-26-14-10-22-37(41)47)44-29-31-30-45(33-18-6-8-20-35(33)46(31)34-19-7-5-17-32(34)44)50-42-27-15-11-23-38(42)48(3,4)39-24-12-16-28-43(39)50/h5,7-9,11-17,19-21,23-30H,6,10,18,22H2,1-4H3. The summed E-state index contributed by atoms with van der Waals surface area (Å²) >= 11 is 0. The highest BCUT2D eigenvalue weighted by Gasteiger charge is 2.40. The van der Waals surface area contributed by atoms with Gasteiger partial charge in [0.1, 0.15) is 0 Å². The first kappa shape index (κ1) is 29.6. The zero-order valence-electron chi connectivity index (χ0n) is 29.4. The fourth-order valence-corrected chi connectivity index (χ4v) is 9.75. The van der Waals surface area contributed by atoms with Crippen molar-refractivity contribution in [2.24, 2.45) is 0 Å². The topological polar surface area (TPSA) is 6.48 Å². The summed E-state index contributed by atoms with van der Waals surface area (Å²) in [6.07, 6.45) is 13.8. The first-order valence-electron chi connectivity index (χ1n) is 18.3. The van der Waals surface area contributed by atoms with Gasteiger partial charge in [-0.25, -0.2) is 0 Å². The molecule has 0 spiro atoms. The van der Waals surface area contributed by atoms with Crippen molar-refractivity contribution in [2.45, 2.75) is 64.2 Å². The number of anilines is 5. The number of allylic oxidation sites excluding steroid dienone is 4. The Morgan fingerprint density at radius 1 is 0.500 bits per heavy atom. The summed E-state index contributed by atoms with van der Waals surface area (Å²) in [6.45, 7) is 9.58. The quantitative estimate of drug-likeness (QED) is 0.173. The molecular formula is C48H42N2. The van der Waals surface area contributed by atoms with Crippen molar-refractivity contribution in [3.05, 3.63) is 167 Å². The van der Waals surface area contributed by atoms with Crippen molar-refractivity contribution < 1.29 is 0 Å². The Kier molecular flexibility index (Phi) is 6.26. The van der Waals surface area contributed by atoms with E-state index in [1.165, 1.54) is 89.1 Å². The fraction of sp³-hybridized carbons (Fsp3) is 0.208. The van der Waals surface area contributed by atoms with Gasteiger partial charge < -0.3 is 9.80 Å². The van der Waals surface area contributed by atoms with Crippen molar-refractivity contribution in [3.8, 4) is 0 Å². The molecule has 0 amide bonds. The summed E-state index contributed by atoms with van der Waals surface area (Å²) in [7, 11) is 0. The van der Waals surface area contributed by atoms with E-state index in [2.05, 4.69) is 171 Å². The van der Waals surface area contributed by atoms with Crippen LogP contribution in [0.1, 0.15) is 74.8 Å². The van der Waals surface area contributed by atoms with Crippen molar-refractivity contribution in [2.75, 3.05) is 9.80 Å². The molecule has 2 heteroatoms. The molecule has 244 valence electrons. The zero-order chi connectivity index (χ0) is 33.8. The van der Waals surface area contributed by atoms with Gasteiger partial charge in [-0.2, -0.15) is 0 Å². The van der Waals surface area contributed by atoms with Gasteiger partial charge in [0.25, 0.3) is 0 Å². The number of para-hydroxylation sites is 3. The molecule has 0 saturated heterocycles. The molecule has 2 aliphatic carbocycles. The van der Waals surface area contributed by atoms with Crippen LogP contribution in [-0.4, -0.2) is 0 Å². The molecule has 0 radical (unpaired) electrons. The molecule has 10 rings (SSSR count). The Morgan fingerprint density at radius 2 is 1.04 bits per heavy atom. The number of hydrogen-bond donors (Lipinski definition) is 0. The summed E-state index contributed by atoms with van der Waals surface area (Å²) in [6, 6.07) is 41.3. The summed E-state index contributed by atoms with van der Waals surface area (Å²) in [5.41, 5.74) is 16.1. The van der Waals surface area contributed by atoms with Crippen LogP contribution in [0.4, 0.5) is 28.4 Å². The number of nitrogens with zero attached hydrogens (tertiary/aromatic N) is 2. The minimum Gasteiger partial charge on any atom is -0.310 e. The first-order chi connectivity index (χ1) is 24.4. The Bertz CT molecular complexity index is 2460. The molecule has 0 N–H and O–H groups in total. The predicted octanol–water partition coefficient (Wildman–Crippen LogP) is 13.1. The van der Waals surface area contributed by atoms with E-state index >= 15 is 0 Å². The Labute approximate surface area is 295 Å². The highest BCUT2D eigenvalue weighted by molar-refractivity contribution is 6.18. The molecule has 2 nitrogen and oxygen atoms in total. The van der Waals surface area contributed by atoms with Crippen LogP contribution in [0.2, 0.25) is 0 Å². The maximum Gasteiger partial charge on any atom is 0.0546 e. The van der Waals surface area contributed by atoms with E-state index in [-0.39, 0.29) is 10.8 Å². The van der Waals surface area contributed by atoms with Crippen LogP contribution < -0.4 is 9.80 Å². The Hall–Kier alpha value is -5.34. The third kappa shape index (κ3) is 3.96. The van der Waals surface area contributed by atoms with E-state index in [0.29, 0.717) is 0 Å². The van der Waals surface area contributed by atoms with Crippen molar-refractivity contribution in [1.29, 1.82) is 0 Å². The van der Waals surface area contributed by atoms with Crippen molar-refractivity contribution in [3.63, 3.8) is 0 Å². The van der Waals surface area contributed by atoms with E-state index in [1.54, 1.807) is 0 Å². The molecule has 0 unspecified atom stereocenters. The number of benzene rings is 6. The molecule has 50 heavy (non-hydrogen) atoms. The zero-order valence-corrected chi connectivity index (χ0v) is 29.4. The van der Waals surface area contributed by atoms with Gasteiger partial charge in [0.05, 0.1) is 28.4 Å². The molecule has 0 bridgehead atoms. The highest BCUT2D eigenvalue weighted by atomic mass is 15.2. The average molecular weight is 647 g/mol. The second-order valence-electron chi connectivity index (χ2n) is 15.5. The van der Waals surface area contributed by atoms with Gasteiger partial charge in [0, 0.05) is 21.9 Å². The van der Waals surface area contributed by atoms with Crippen molar-refractivity contribution >= 4 is 56.1 Å². The molecule has 2 heterocycles. The van der Waals surface area contributed by atoms with Gasteiger partial charge in [-0.3, -0.25) is 0 Å². The van der Waals surface area contributed by atoms with E-state index in [1.807, 2.05) is 0 Å². The number of hydrogen-bond acceptors (Lipinski definition) is 2. The van der Waals surface area contributed by atoms with Crippen LogP contribution in [0.5, 0.6) is 0 Å². The molecule has 4 aliphatic rings. The lowest BCUT2D eigenvalue weighted by molar-refractivity contribution is 0.571. The Morgan fingerprint density at radius 3 is 1.74 bits per heavy atom. The number of rotatable bonds is 2. The van der Waals surface area contributed by atoms with Crippen LogP contribution in [0.25, 0.3) is 27.6 Å². The number of fused-ring (bicyclic) bond motifs is 8. The third-order valence-electron chi connectivity index (χ3n) is 12.2. The molecular weight excluding hydrogens is 605 g/mol. The SMILES string of the molecule is CC1(C)C2=C(C=CCC2)N(c2cc3cc(N4c5ccccc5C(C)(C)c5ccccc54)c4c(c3c3ccccc23)C=CCC4)c2ccccc21. The van der Waals surface area contributed by atoms with Crippen LogP contribution in [0.15, 0.2) is 139 Å². The average Bonchev–Trinajstić information content (AvgIpc) is 3.15. The van der Waals surface area contributed by atoms with E-state index in [0.717, 1.165) is 25.7 Å². The smallest absolute Gasteiger partial charge is 0.0546 e. The highest BCUT2D eigenvalue weighted by Crippen LogP contribution is 2.56. The largest absolute Gasteiger partial charge is 0.310 e. The Balaban J connectivity index is 1.31. The van der Waals surface area contributed by atoms with Gasteiger partial charge in [0.2, 0.25) is 0 Å². The first-order valence-corrected chi connectivity index (χ1v) is 18.3. The van der Waals surface area contributed by atoms with Crippen LogP contribution in [0, 0.1) is 0 Å².